The highest BCUT2D eigenvalue weighted by Crippen LogP contribution is 2.37. The largest absolute Gasteiger partial charge is 0.468 e. The molecule has 1 rings (SSSR count). The van der Waals surface area contributed by atoms with E-state index >= 15 is 0 Å². The van der Waals surface area contributed by atoms with Crippen LogP contribution in [0.5, 0.6) is 0 Å². The minimum Gasteiger partial charge on any atom is -0.468 e. The van der Waals surface area contributed by atoms with Crippen LogP contribution in [0.4, 0.5) is 0 Å². The minimum absolute atomic E-state index is 0.236. The van der Waals surface area contributed by atoms with Gasteiger partial charge in [-0.15, -0.1) is 0 Å². The van der Waals surface area contributed by atoms with E-state index in [2.05, 4.69) is 30.8 Å². The predicted molar refractivity (Wildman–Crippen MR) is 86.2 cm³/mol. The number of methoxy groups -OCH3 is 1. The Morgan fingerprint density at radius 2 is 2.05 bits per heavy atom. The number of nitrogens with zero attached hydrogens (tertiary/aromatic N) is 2. The topological polar surface area (TPSA) is 58.8 Å². The zero-order valence-electron chi connectivity index (χ0n) is 14.2. The predicted octanol–water partition coefficient (Wildman–Crippen LogP) is 1.32. The smallest absolute Gasteiger partial charge is 0.326 e. The van der Waals surface area contributed by atoms with Crippen LogP contribution in [0.25, 0.3) is 0 Å². The van der Waals surface area contributed by atoms with E-state index in [-0.39, 0.29) is 11.9 Å². The summed E-state index contributed by atoms with van der Waals surface area (Å²) >= 11 is 0. The molecule has 1 saturated carbocycles. The molecule has 0 radical (unpaired) electrons. The van der Waals surface area contributed by atoms with Crippen LogP contribution in [0.3, 0.4) is 0 Å². The number of nitrogens with two attached hydrogens (primary N) is 1. The first kappa shape index (κ1) is 18.4. The van der Waals surface area contributed by atoms with Gasteiger partial charge in [-0.2, -0.15) is 0 Å². The molecule has 2 atom stereocenters. The van der Waals surface area contributed by atoms with Crippen molar-refractivity contribution in [2.24, 2.45) is 11.7 Å². The zero-order chi connectivity index (χ0) is 15.9. The Balaban J connectivity index is 2.42. The van der Waals surface area contributed by atoms with Crippen molar-refractivity contribution in [2.75, 3.05) is 47.4 Å². The molecule has 1 aliphatic rings. The van der Waals surface area contributed by atoms with E-state index in [4.69, 9.17) is 10.5 Å². The molecule has 0 saturated heterocycles. The average molecular weight is 299 g/mol. The van der Waals surface area contributed by atoms with Gasteiger partial charge >= 0.3 is 5.97 Å². The maximum Gasteiger partial charge on any atom is 0.326 e. The van der Waals surface area contributed by atoms with Gasteiger partial charge in [-0.3, -0.25) is 4.79 Å². The summed E-state index contributed by atoms with van der Waals surface area (Å²) in [4.78, 5) is 16.6. The summed E-state index contributed by atoms with van der Waals surface area (Å²) < 4.78 is 4.91. The summed E-state index contributed by atoms with van der Waals surface area (Å²) in [5.41, 5.74) is 5.57. The lowest BCUT2D eigenvalue weighted by Gasteiger charge is -2.30. The SMILES string of the molecule is CCN(CCCN(C)C)CCC1CCCC1(N)C(=O)OC. The van der Waals surface area contributed by atoms with E-state index in [0.717, 1.165) is 51.9 Å². The number of rotatable bonds is 9. The van der Waals surface area contributed by atoms with Gasteiger partial charge in [0, 0.05) is 0 Å². The normalized spacial score (nSPS) is 25.8. The Morgan fingerprint density at radius 3 is 2.62 bits per heavy atom. The van der Waals surface area contributed by atoms with E-state index in [0.29, 0.717) is 0 Å². The van der Waals surface area contributed by atoms with Gasteiger partial charge in [0.2, 0.25) is 0 Å². The molecule has 0 aromatic carbocycles. The number of carbonyl (C=O) groups is 1. The third-order valence-corrected chi connectivity index (χ3v) is 4.76. The van der Waals surface area contributed by atoms with Crippen LogP contribution in [0.2, 0.25) is 0 Å². The van der Waals surface area contributed by atoms with E-state index in [1.807, 2.05) is 0 Å². The Morgan fingerprint density at radius 1 is 1.33 bits per heavy atom. The van der Waals surface area contributed by atoms with Crippen LogP contribution < -0.4 is 5.73 Å². The lowest BCUT2D eigenvalue weighted by molar-refractivity contribution is -0.148. The lowest BCUT2D eigenvalue weighted by Crippen LogP contribution is -2.52. The molecule has 2 N–H and O–H groups in total. The van der Waals surface area contributed by atoms with Crippen LogP contribution in [0.1, 0.15) is 39.0 Å². The van der Waals surface area contributed by atoms with Crippen molar-refractivity contribution in [1.29, 1.82) is 0 Å². The summed E-state index contributed by atoms with van der Waals surface area (Å²) in [5.74, 6) is 0.0218. The second-order valence-electron chi connectivity index (χ2n) is 6.50. The first-order valence-corrected chi connectivity index (χ1v) is 8.18. The molecular formula is C16H33N3O2. The molecule has 2 unspecified atom stereocenters. The quantitative estimate of drug-likeness (QED) is 0.651. The van der Waals surface area contributed by atoms with Gasteiger partial charge in [-0.05, 0) is 71.9 Å². The van der Waals surface area contributed by atoms with Crippen molar-refractivity contribution >= 4 is 5.97 Å². The van der Waals surface area contributed by atoms with Gasteiger partial charge in [-0.25, -0.2) is 0 Å². The molecule has 0 aliphatic heterocycles. The standard InChI is InChI=1S/C16H33N3O2/c1-5-19(12-7-11-18(2)3)13-9-14-8-6-10-16(14,17)15(20)21-4/h14H,5-13,17H2,1-4H3. The van der Waals surface area contributed by atoms with Crippen molar-refractivity contribution < 1.29 is 9.53 Å². The number of esters is 1. The molecule has 21 heavy (non-hydrogen) atoms. The summed E-state index contributed by atoms with van der Waals surface area (Å²) in [6.45, 7) is 6.49. The Hall–Kier alpha value is -0.650. The second kappa shape index (κ2) is 8.71. The highest BCUT2D eigenvalue weighted by Gasteiger charge is 2.46. The molecule has 124 valence electrons. The van der Waals surface area contributed by atoms with E-state index in [9.17, 15) is 4.79 Å². The molecule has 0 aromatic rings. The molecule has 0 bridgehead atoms. The van der Waals surface area contributed by atoms with Crippen molar-refractivity contribution in [2.45, 2.75) is 44.6 Å². The van der Waals surface area contributed by atoms with Gasteiger partial charge < -0.3 is 20.3 Å². The van der Waals surface area contributed by atoms with E-state index < -0.39 is 5.54 Å². The molecule has 0 aromatic heterocycles. The Labute approximate surface area is 129 Å². The first-order chi connectivity index (χ1) is 9.93. The highest BCUT2D eigenvalue weighted by molar-refractivity contribution is 5.81. The maximum absolute atomic E-state index is 11.9. The fourth-order valence-corrected chi connectivity index (χ4v) is 3.34. The molecule has 1 fully saturated rings. The second-order valence-corrected chi connectivity index (χ2v) is 6.50. The fraction of sp³-hybridized carbons (Fsp3) is 0.938. The minimum atomic E-state index is -0.752. The van der Waals surface area contributed by atoms with Crippen LogP contribution in [0.15, 0.2) is 0 Å². The third kappa shape index (κ3) is 5.24. The van der Waals surface area contributed by atoms with E-state index in [1.54, 1.807) is 0 Å². The summed E-state index contributed by atoms with van der Waals surface area (Å²) in [5, 5.41) is 0. The Kier molecular flexibility index (Phi) is 7.63. The van der Waals surface area contributed by atoms with Crippen molar-refractivity contribution in [3.63, 3.8) is 0 Å². The van der Waals surface area contributed by atoms with Gasteiger partial charge in [-0.1, -0.05) is 13.3 Å². The van der Waals surface area contributed by atoms with Gasteiger partial charge in [0.25, 0.3) is 0 Å². The van der Waals surface area contributed by atoms with Gasteiger partial charge in [0.15, 0.2) is 0 Å². The molecule has 1 aliphatic carbocycles. The monoisotopic (exact) mass is 299 g/mol. The van der Waals surface area contributed by atoms with Crippen molar-refractivity contribution in [3.8, 4) is 0 Å². The van der Waals surface area contributed by atoms with Crippen LogP contribution in [0, 0.1) is 5.92 Å². The molecule has 0 heterocycles. The fourth-order valence-electron chi connectivity index (χ4n) is 3.34. The van der Waals surface area contributed by atoms with Gasteiger partial charge in [0.05, 0.1) is 7.11 Å². The molecular weight excluding hydrogens is 266 g/mol. The number of hydrogen-bond donors (Lipinski definition) is 1. The summed E-state index contributed by atoms with van der Waals surface area (Å²) in [7, 11) is 5.65. The lowest BCUT2D eigenvalue weighted by atomic mass is 9.85. The third-order valence-electron chi connectivity index (χ3n) is 4.76. The molecule has 5 nitrogen and oxygen atoms in total. The number of ether oxygens (including phenoxy) is 1. The molecule has 0 amide bonds. The van der Waals surface area contributed by atoms with Crippen LogP contribution in [-0.4, -0.2) is 68.7 Å². The molecule has 5 heteroatoms. The van der Waals surface area contributed by atoms with Crippen molar-refractivity contribution in [3.05, 3.63) is 0 Å². The summed E-state index contributed by atoms with van der Waals surface area (Å²) in [6.07, 6.45) is 5.00. The number of carbonyl (C=O) groups excluding carboxylic acids is 1. The van der Waals surface area contributed by atoms with Crippen LogP contribution >= 0.6 is 0 Å². The summed E-state index contributed by atoms with van der Waals surface area (Å²) in [6, 6.07) is 0. The van der Waals surface area contributed by atoms with Crippen molar-refractivity contribution in [1.82, 2.24) is 9.80 Å². The highest BCUT2D eigenvalue weighted by atomic mass is 16.5. The van der Waals surface area contributed by atoms with Gasteiger partial charge in [0.1, 0.15) is 5.54 Å². The molecule has 0 spiro atoms. The average Bonchev–Trinajstić information content (AvgIpc) is 2.83. The maximum atomic E-state index is 11.9. The van der Waals surface area contributed by atoms with Crippen LogP contribution in [-0.2, 0) is 9.53 Å². The zero-order valence-corrected chi connectivity index (χ0v) is 14.2. The van der Waals surface area contributed by atoms with E-state index in [1.165, 1.54) is 13.5 Å². The number of hydrogen-bond acceptors (Lipinski definition) is 5. The Bertz CT molecular complexity index is 323. The first-order valence-electron chi connectivity index (χ1n) is 8.18.